The number of aromatic nitrogens is 1. The largest absolute Gasteiger partial charge is 0.356 e. The zero-order valence-corrected chi connectivity index (χ0v) is 8.66. The van der Waals surface area contributed by atoms with Crippen molar-refractivity contribution in [2.24, 2.45) is 0 Å². The van der Waals surface area contributed by atoms with Crippen LogP contribution in [0.1, 0.15) is 31.7 Å². The number of carbonyl (C=O) groups is 1. The molecule has 1 N–H and O–H groups in total. The summed E-state index contributed by atoms with van der Waals surface area (Å²) in [6.07, 6.45) is 4.09. The van der Waals surface area contributed by atoms with E-state index in [0.29, 0.717) is 18.9 Å². The highest BCUT2D eigenvalue weighted by Gasteiger charge is 2.05. The third-order valence-corrected chi connectivity index (χ3v) is 2.20. The Morgan fingerprint density at radius 1 is 1.50 bits per heavy atom. The van der Waals surface area contributed by atoms with Gasteiger partial charge in [-0.1, -0.05) is 13.8 Å². The Labute approximate surface area is 84.6 Å². The van der Waals surface area contributed by atoms with E-state index in [9.17, 15) is 4.79 Å². The maximum absolute atomic E-state index is 11.0. The Bertz CT molecular complexity index is 285. The molecule has 0 saturated heterocycles. The normalized spacial score (nSPS) is 12.1. The number of nitrogens with one attached hydrogen (secondary N) is 1. The monoisotopic (exact) mass is 192 g/mol. The van der Waals surface area contributed by atoms with Gasteiger partial charge in [0.2, 0.25) is 5.91 Å². The zero-order chi connectivity index (χ0) is 10.4. The molecule has 1 rings (SSSR count). The summed E-state index contributed by atoms with van der Waals surface area (Å²) in [5.74, 6) is 0.444. The summed E-state index contributed by atoms with van der Waals surface area (Å²) < 4.78 is 0. The number of carbonyl (C=O) groups excluding carboxylic acids is 1. The van der Waals surface area contributed by atoms with Crippen LogP contribution < -0.4 is 5.32 Å². The van der Waals surface area contributed by atoms with Crippen molar-refractivity contribution in [3.8, 4) is 0 Å². The van der Waals surface area contributed by atoms with Crippen molar-refractivity contribution in [2.75, 3.05) is 6.54 Å². The molecule has 76 valence electrons. The number of amides is 1. The number of rotatable bonds is 4. The van der Waals surface area contributed by atoms with E-state index < -0.39 is 0 Å². The van der Waals surface area contributed by atoms with Crippen LogP contribution >= 0.6 is 0 Å². The van der Waals surface area contributed by atoms with Crippen molar-refractivity contribution in [3.05, 3.63) is 30.1 Å². The van der Waals surface area contributed by atoms with Crippen LogP contribution in [0.15, 0.2) is 24.5 Å². The van der Waals surface area contributed by atoms with Gasteiger partial charge >= 0.3 is 0 Å². The molecule has 1 atom stereocenters. The molecule has 3 nitrogen and oxygen atoms in total. The highest BCUT2D eigenvalue weighted by Crippen LogP contribution is 2.11. The van der Waals surface area contributed by atoms with Crippen molar-refractivity contribution < 1.29 is 4.79 Å². The summed E-state index contributed by atoms with van der Waals surface area (Å²) in [6.45, 7) is 4.63. The van der Waals surface area contributed by atoms with E-state index in [-0.39, 0.29) is 5.91 Å². The second-order valence-electron chi connectivity index (χ2n) is 3.34. The van der Waals surface area contributed by atoms with Crippen molar-refractivity contribution in [1.29, 1.82) is 0 Å². The molecule has 0 aliphatic carbocycles. The molecule has 0 fully saturated rings. The van der Waals surface area contributed by atoms with Gasteiger partial charge in [-0.15, -0.1) is 0 Å². The minimum absolute atomic E-state index is 0.103. The van der Waals surface area contributed by atoms with Crippen LogP contribution in [0.4, 0.5) is 0 Å². The lowest BCUT2D eigenvalue weighted by molar-refractivity contribution is -0.120. The molecule has 3 heteroatoms. The van der Waals surface area contributed by atoms with Crippen LogP contribution in [-0.2, 0) is 4.79 Å². The van der Waals surface area contributed by atoms with Gasteiger partial charge in [-0.25, -0.2) is 0 Å². The Morgan fingerprint density at radius 2 is 2.14 bits per heavy atom. The van der Waals surface area contributed by atoms with Gasteiger partial charge in [0.1, 0.15) is 0 Å². The number of nitrogens with zero attached hydrogens (tertiary/aromatic N) is 1. The number of hydrogen-bond acceptors (Lipinski definition) is 2. The van der Waals surface area contributed by atoms with E-state index in [1.165, 1.54) is 5.56 Å². The predicted octanol–water partition coefficient (Wildman–Crippen LogP) is 1.71. The SMILES string of the molecule is CCC(=O)NCC(C)c1ccncc1. The smallest absolute Gasteiger partial charge is 0.219 e. The van der Waals surface area contributed by atoms with Gasteiger partial charge < -0.3 is 5.32 Å². The van der Waals surface area contributed by atoms with Crippen LogP contribution in [0.25, 0.3) is 0 Å². The average Bonchev–Trinajstić information content (AvgIpc) is 2.26. The molecule has 0 aliphatic rings. The Kier molecular flexibility index (Phi) is 4.11. The Morgan fingerprint density at radius 3 is 2.71 bits per heavy atom. The molecule has 14 heavy (non-hydrogen) atoms. The number of pyridine rings is 1. The highest BCUT2D eigenvalue weighted by molar-refractivity contribution is 5.75. The maximum Gasteiger partial charge on any atom is 0.219 e. The van der Waals surface area contributed by atoms with Gasteiger partial charge in [-0.05, 0) is 23.6 Å². The van der Waals surface area contributed by atoms with Crippen molar-refractivity contribution in [2.45, 2.75) is 26.2 Å². The van der Waals surface area contributed by atoms with E-state index in [4.69, 9.17) is 0 Å². The summed E-state index contributed by atoms with van der Waals surface area (Å²) in [5, 5.41) is 2.87. The summed E-state index contributed by atoms with van der Waals surface area (Å²) >= 11 is 0. The van der Waals surface area contributed by atoms with Gasteiger partial charge in [0.05, 0.1) is 0 Å². The third-order valence-electron chi connectivity index (χ3n) is 2.20. The Balaban J connectivity index is 2.43. The fourth-order valence-electron chi connectivity index (χ4n) is 1.20. The molecule has 1 heterocycles. The maximum atomic E-state index is 11.0. The van der Waals surface area contributed by atoms with Gasteiger partial charge in [0.25, 0.3) is 0 Å². The van der Waals surface area contributed by atoms with Crippen LogP contribution in [0.5, 0.6) is 0 Å². The number of hydrogen-bond donors (Lipinski definition) is 1. The first-order valence-corrected chi connectivity index (χ1v) is 4.90. The van der Waals surface area contributed by atoms with Crippen LogP contribution in [0, 0.1) is 0 Å². The molecular weight excluding hydrogens is 176 g/mol. The first-order valence-electron chi connectivity index (χ1n) is 4.90. The van der Waals surface area contributed by atoms with E-state index >= 15 is 0 Å². The van der Waals surface area contributed by atoms with Crippen LogP contribution in [0.2, 0.25) is 0 Å². The fraction of sp³-hybridized carbons (Fsp3) is 0.455. The van der Waals surface area contributed by atoms with E-state index in [1.54, 1.807) is 12.4 Å². The first-order chi connectivity index (χ1) is 6.74. The van der Waals surface area contributed by atoms with Crippen molar-refractivity contribution in [1.82, 2.24) is 10.3 Å². The highest BCUT2D eigenvalue weighted by atomic mass is 16.1. The molecule has 0 aliphatic heterocycles. The minimum Gasteiger partial charge on any atom is -0.356 e. The van der Waals surface area contributed by atoms with Crippen LogP contribution in [-0.4, -0.2) is 17.4 Å². The van der Waals surface area contributed by atoms with E-state index in [0.717, 1.165) is 0 Å². The molecule has 0 bridgehead atoms. The zero-order valence-electron chi connectivity index (χ0n) is 8.66. The van der Waals surface area contributed by atoms with Crippen LogP contribution in [0.3, 0.4) is 0 Å². The molecule has 1 aromatic rings. The molecule has 0 aromatic carbocycles. The molecule has 0 spiro atoms. The average molecular weight is 192 g/mol. The molecule has 1 aromatic heterocycles. The summed E-state index contributed by atoms with van der Waals surface area (Å²) in [5.41, 5.74) is 1.21. The first kappa shape index (κ1) is 10.7. The lowest BCUT2D eigenvalue weighted by Gasteiger charge is -2.11. The fourth-order valence-corrected chi connectivity index (χ4v) is 1.20. The van der Waals surface area contributed by atoms with Crippen molar-refractivity contribution >= 4 is 5.91 Å². The van der Waals surface area contributed by atoms with Crippen molar-refractivity contribution in [3.63, 3.8) is 0 Å². The molecule has 0 saturated carbocycles. The Hall–Kier alpha value is -1.38. The topological polar surface area (TPSA) is 42.0 Å². The summed E-state index contributed by atoms with van der Waals surface area (Å²) in [7, 11) is 0. The summed E-state index contributed by atoms with van der Waals surface area (Å²) in [4.78, 5) is 15.0. The lowest BCUT2D eigenvalue weighted by Crippen LogP contribution is -2.26. The third kappa shape index (κ3) is 3.17. The van der Waals surface area contributed by atoms with Gasteiger partial charge in [-0.3, -0.25) is 9.78 Å². The predicted molar refractivity (Wildman–Crippen MR) is 56.0 cm³/mol. The quantitative estimate of drug-likeness (QED) is 0.789. The van der Waals surface area contributed by atoms with Gasteiger partial charge in [0, 0.05) is 25.4 Å². The van der Waals surface area contributed by atoms with E-state index in [2.05, 4.69) is 17.2 Å². The molecule has 1 unspecified atom stereocenters. The lowest BCUT2D eigenvalue weighted by atomic mass is 10.0. The standard InChI is InChI=1S/C11H16N2O/c1-3-11(14)13-8-9(2)10-4-6-12-7-5-10/h4-7,9H,3,8H2,1-2H3,(H,13,14). The molecular formula is C11H16N2O. The second kappa shape index (κ2) is 5.37. The second-order valence-corrected chi connectivity index (χ2v) is 3.34. The van der Waals surface area contributed by atoms with Gasteiger partial charge in [-0.2, -0.15) is 0 Å². The van der Waals surface area contributed by atoms with E-state index in [1.807, 2.05) is 19.1 Å². The molecule has 1 amide bonds. The molecule has 0 radical (unpaired) electrons. The summed E-state index contributed by atoms with van der Waals surface area (Å²) in [6, 6.07) is 3.95. The minimum atomic E-state index is 0.103. The van der Waals surface area contributed by atoms with Gasteiger partial charge in [0.15, 0.2) is 0 Å².